The van der Waals surface area contributed by atoms with Gasteiger partial charge in [0.25, 0.3) is 0 Å². The molecule has 19 heavy (non-hydrogen) atoms. The predicted octanol–water partition coefficient (Wildman–Crippen LogP) is 0.417. The molecule has 0 spiro atoms. The van der Waals surface area contributed by atoms with Gasteiger partial charge >= 0.3 is 6.01 Å². The Labute approximate surface area is 113 Å². The first-order valence-corrected chi connectivity index (χ1v) is 6.16. The lowest BCUT2D eigenvalue weighted by atomic mass is 10.4. The molecule has 0 radical (unpaired) electrons. The minimum atomic E-state index is -0.0142. The van der Waals surface area contributed by atoms with Crippen molar-refractivity contribution in [2.45, 2.75) is 26.4 Å². The molecule has 1 aromatic heterocycles. The van der Waals surface area contributed by atoms with E-state index in [1.54, 1.807) is 7.11 Å². The maximum absolute atomic E-state index is 5.46. The zero-order valence-corrected chi connectivity index (χ0v) is 11.9. The zero-order chi connectivity index (χ0) is 14.3. The van der Waals surface area contributed by atoms with Crippen molar-refractivity contribution in [2.75, 3.05) is 37.6 Å². The molecule has 0 fully saturated rings. The first-order valence-electron chi connectivity index (χ1n) is 6.16. The largest absolute Gasteiger partial charge is 0.461 e. The molecule has 1 rings (SSSR count). The van der Waals surface area contributed by atoms with Crippen molar-refractivity contribution in [3.8, 4) is 6.01 Å². The molecular weight excluding hydrogens is 248 g/mol. The van der Waals surface area contributed by atoms with Gasteiger partial charge in [-0.2, -0.15) is 15.0 Å². The Morgan fingerprint density at radius 1 is 1.32 bits per heavy atom. The van der Waals surface area contributed by atoms with Crippen LogP contribution in [0.15, 0.2) is 0 Å². The molecule has 3 N–H and O–H groups in total. The molecule has 0 unspecified atom stereocenters. The number of ether oxygens (including phenoxy) is 2. The first-order chi connectivity index (χ1) is 9.06. The van der Waals surface area contributed by atoms with Crippen LogP contribution in [0.2, 0.25) is 0 Å². The van der Waals surface area contributed by atoms with E-state index < -0.39 is 0 Å². The normalized spacial score (nSPS) is 10.6. The predicted molar refractivity (Wildman–Crippen MR) is 73.2 cm³/mol. The molecule has 1 heterocycles. The van der Waals surface area contributed by atoms with Crippen LogP contribution in [0.3, 0.4) is 0 Å². The number of nitrogens with one attached hydrogen (secondary N) is 1. The van der Waals surface area contributed by atoms with Crippen molar-refractivity contribution in [1.29, 1.82) is 0 Å². The lowest BCUT2D eigenvalue weighted by Crippen LogP contribution is -2.24. The van der Waals surface area contributed by atoms with Crippen LogP contribution in [0, 0.1) is 0 Å². The number of nitrogens with two attached hydrogens (primary N) is 1. The molecule has 8 heteroatoms. The molecule has 108 valence electrons. The van der Waals surface area contributed by atoms with Crippen LogP contribution >= 0.6 is 0 Å². The van der Waals surface area contributed by atoms with E-state index in [1.807, 2.05) is 25.8 Å². The van der Waals surface area contributed by atoms with E-state index in [4.69, 9.17) is 15.3 Å². The van der Waals surface area contributed by atoms with Crippen molar-refractivity contribution < 1.29 is 9.47 Å². The highest BCUT2D eigenvalue weighted by molar-refractivity contribution is 5.36. The molecule has 8 nitrogen and oxygen atoms in total. The Morgan fingerprint density at radius 3 is 2.63 bits per heavy atom. The summed E-state index contributed by atoms with van der Waals surface area (Å²) in [6.45, 7) is 5.26. The number of hydrogen-bond donors (Lipinski definition) is 2. The molecular formula is C11H22N6O2. The van der Waals surface area contributed by atoms with E-state index in [0.29, 0.717) is 12.6 Å². The van der Waals surface area contributed by atoms with Crippen molar-refractivity contribution >= 4 is 11.9 Å². The maximum atomic E-state index is 5.46. The third kappa shape index (κ3) is 5.23. The van der Waals surface area contributed by atoms with Gasteiger partial charge in [-0.25, -0.2) is 5.84 Å². The maximum Gasteiger partial charge on any atom is 0.323 e. The summed E-state index contributed by atoms with van der Waals surface area (Å²) in [5.74, 6) is 6.13. The average Bonchev–Trinajstić information content (AvgIpc) is 2.37. The van der Waals surface area contributed by atoms with Gasteiger partial charge in [-0.15, -0.1) is 0 Å². The van der Waals surface area contributed by atoms with Crippen molar-refractivity contribution in [1.82, 2.24) is 15.0 Å². The third-order valence-electron chi connectivity index (χ3n) is 2.26. The van der Waals surface area contributed by atoms with E-state index in [-0.39, 0.29) is 18.1 Å². The summed E-state index contributed by atoms with van der Waals surface area (Å²) in [4.78, 5) is 14.4. The Hall–Kier alpha value is -1.67. The lowest BCUT2D eigenvalue weighted by molar-refractivity contribution is 0.196. The number of hydrazine groups is 1. The van der Waals surface area contributed by atoms with Crippen LogP contribution in [0.4, 0.5) is 11.9 Å². The second-order valence-corrected chi connectivity index (χ2v) is 4.32. The molecule has 0 atom stereocenters. The van der Waals surface area contributed by atoms with Crippen LogP contribution in [-0.2, 0) is 4.74 Å². The highest BCUT2D eigenvalue weighted by Gasteiger charge is 2.11. The van der Waals surface area contributed by atoms with Crippen molar-refractivity contribution in [3.05, 3.63) is 0 Å². The number of hydrogen-bond acceptors (Lipinski definition) is 8. The number of nitrogens with zero attached hydrogens (tertiary/aromatic N) is 4. The van der Waals surface area contributed by atoms with Gasteiger partial charge in [0.05, 0.1) is 6.10 Å². The molecule has 0 aromatic carbocycles. The molecule has 1 aromatic rings. The van der Waals surface area contributed by atoms with Crippen LogP contribution in [-0.4, -0.2) is 48.4 Å². The van der Waals surface area contributed by atoms with E-state index in [0.717, 1.165) is 13.0 Å². The standard InChI is InChI=1S/C11H22N6O2/c1-8(2)19-11-14-9(16-12)13-10(15-11)17(3)6-5-7-18-4/h8H,5-7,12H2,1-4H3,(H,13,14,15,16). The van der Waals surface area contributed by atoms with Gasteiger partial charge in [-0.1, -0.05) is 0 Å². The Bertz CT molecular complexity index is 387. The fourth-order valence-electron chi connectivity index (χ4n) is 1.39. The number of nitrogen functional groups attached to an aromatic ring is 1. The lowest BCUT2D eigenvalue weighted by Gasteiger charge is -2.18. The fourth-order valence-corrected chi connectivity index (χ4v) is 1.39. The first kappa shape index (κ1) is 15.4. The molecule has 0 aliphatic rings. The zero-order valence-electron chi connectivity index (χ0n) is 11.9. The topological polar surface area (TPSA) is 98.4 Å². The monoisotopic (exact) mass is 270 g/mol. The number of rotatable bonds is 8. The summed E-state index contributed by atoms with van der Waals surface area (Å²) in [6.07, 6.45) is 0.865. The molecule has 0 bridgehead atoms. The van der Waals surface area contributed by atoms with Crippen LogP contribution in [0.5, 0.6) is 6.01 Å². The molecule has 0 aliphatic heterocycles. The number of anilines is 2. The Morgan fingerprint density at radius 2 is 2.05 bits per heavy atom. The summed E-state index contributed by atoms with van der Waals surface area (Å²) in [7, 11) is 3.57. The molecule has 0 saturated carbocycles. The van der Waals surface area contributed by atoms with Gasteiger partial charge in [0.2, 0.25) is 11.9 Å². The minimum absolute atomic E-state index is 0.0142. The van der Waals surface area contributed by atoms with Gasteiger partial charge in [0, 0.05) is 27.3 Å². The minimum Gasteiger partial charge on any atom is -0.461 e. The summed E-state index contributed by atoms with van der Waals surface area (Å²) >= 11 is 0. The third-order valence-corrected chi connectivity index (χ3v) is 2.26. The summed E-state index contributed by atoms with van der Waals surface area (Å²) in [6, 6.07) is 0.256. The van der Waals surface area contributed by atoms with Gasteiger partial charge in [0.1, 0.15) is 0 Å². The second-order valence-electron chi connectivity index (χ2n) is 4.32. The Kier molecular flexibility index (Phi) is 6.23. The SMILES string of the molecule is COCCCN(C)c1nc(NN)nc(OC(C)C)n1. The van der Waals surface area contributed by atoms with Gasteiger partial charge in [0.15, 0.2) is 0 Å². The van der Waals surface area contributed by atoms with Crippen molar-refractivity contribution in [2.24, 2.45) is 5.84 Å². The molecule has 0 amide bonds. The second kappa shape index (κ2) is 7.70. The highest BCUT2D eigenvalue weighted by atomic mass is 16.5. The van der Waals surface area contributed by atoms with Gasteiger partial charge in [-0.3, -0.25) is 5.43 Å². The molecule has 0 saturated heterocycles. The summed E-state index contributed by atoms with van der Waals surface area (Å²) in [5.41, 5.74) is 2.41. The quantitative estimate of drug-likeness (QED) is 0.398. The highest BCUT2D eigenvalue weighted by Crippen LogP contribution is 2.14. The van der Waals surface area contributed by atoms with Crippen LogP contribution in [0.25, 0.3) is 0 Å². The average molecular weight is 270 g/mol. The number of aromatic nitrogens is 3. The molecule has 0 aliphatic carbocycles. The van der Waals surface area contributed by atoms with E-state index >= 15 is 0 Å². The van der Waals surface area contributed by atoms with Crippen molar-refractivity contribution in [3.63, 3.8) is 0 Å². The van der Waals surface area contributed by atoms with E-state index in [2.05, 4.69) is 20.4 Å². The summed E-state index contributed by atoms with van der Waals surface area (Å²) in [5, 5.41) is 0. The van der Waals surface area contributed by atoms with Crippen LogP contribution in [0.1, 0.15) is 20.3 Å². The smallest absolute Gasteiger partial charge is 0.323 e. The van der Waals surface area contributed by atoms with E-state index in [1.165, 1.54) is 0 Å². The number of methoxy groups -OCH3 is 1. The van der Waals surface area contributed by atoms with Gasteiger partial charge < -0.3 is 14.4 Å². The van der Waals surface area contributed by atoms with Gasteiger partial charge in [-0.05, 0) is 20.3 Å². The summed E-state index contributed by atoms with van der Waals surface area (Å²) < 4.78 is 10.5. The Balaban J connectivity index is 2.80. The fraction of sp³-hybridized carbons (Fsp3) is 0.727. The van der Waals surface area contributed by atoms with Crippen LogP contribution < -0.4 is 20.9 Å². The van der Waals surface area contributed by atoms with E-state index in [9.17, 15) is 0 Å².